The second-order valence-electron chi connectivity index (χ2n) is 8.06. The van der Waals surface area contributed by atoms with E-state index in [2.05, 4.69) is 4.90 Å². The number of carbonyl (C=O) groups excluding carboxylic acids is 1. The molecule has 0 aromatic heterocycles. The average molecular weight is 391 g/mol. The third kappa shape index (κ3) is 4.21. The minimum absolute atomic E-state index is 0.0508. The predicted octanol–water partition coefficient (Wildman–Crippen LogP) is 2.70. The fourth-order valence-corrected chi connectivity index (χ4v) is 3.58. The van der Waals surface area contributed by atoms with Crippen LogP contribution in [0.15, 0.2) is 12.1 Å². The molecule has 2 aliphatic heterocycles. The molecule has 0 spiro atoms. The molecule has 3 rings (SSSR count). The lowest BCUT2D eigenvalue weighted by molar-refractivity contribution is -0.0912. The first-order valence-corrected chi connectivity index (χ1v) is 9.33. The molecule has 0 saturated carbocycles. The zero-order chi connectivity index (χ0) is 20.5. The smallest absolute Gasteiger partial charge is 0.410 e. The normalized spacial score (nSPS) is 22.9. The van der Waals surface area contributed by atoms with E-state index in [-0.39, 0.29) is 29.6 Å². The quantitative estimate of drug-likeness (QED) is 0.772. The van der Waals surface area contributed by atoms with Crippen molar-refractivity contribution in [1.29, 1.82) is 5.26 Å². The molecule has 7 nitrogen and oxygen atoms in total. The Balaban J connectivity index is 1.68. The Labute approximate surface area is 164 Å². The van der Waals surface area contributed by atoms with E-state index in [1.807, 2.05) is 26.8 Å². The van der Waals surface area contributed by atoms with Gasteiger partial charge in [0.1, 0.15) is 11.7 Å². The standard InChI is InChI=1S/C20H26FN3O4/c1-20(2,3)28-19(25)24-8-7-23-11-16(27-12-14(23)10-24)15-6-5-13(9-22)17(21)18(15)26-4/h5-6,14,16H,7-8,10-12H2,1-4H3. The van der Waals surface area contributed by atoms with Crippen LogP contribution in [-0.4, -0.2) is 67.4 Å². The maximum absolute atomic E-state index is 14.4. The Morgan fingerprint density at radius 2 is 2.07 bits per heavy atom. The van der Waals surface area contributed by atoms with Crippen molar-refractivity contribution in [2.24, 2.45) is 0 Å². The highest BCUT2D eigenvalue weighted by Gasteiger charge is 2.37. The van der Waals surface area contributed by atoms with Crippen LogP contribution in [0.4, 0.5) is 9.18 Å². The third-order valence-electron chi connectivity index (χ3n) is 4.95. The minimum Gasteiger partial charge on any atom is -0.493 e. The maximum atomic E-state index is 14.4. The lowest BCUT2D eigenvalue weighted by Gasteiger charge is -2.46. The number of ether oxygens (including phenoxy) is 3. The van der Waals surface area contributed by atoms with Crippen LogP contribution < -0.4 is 4.74 Å². The van der Waals surface area contributed by atoms with Crippen molar-refractivity contribution >= 4 is 6.09 Å². The average Bonchev–Trinajstić information content (AvgIpc) is 2.65. The zero-order valence-corrected chi connectivity index (χ0v) is 16.7. The van der Waals surface area contributed by atoms with Gasteiger partial charge in [-0.1, -0.05) is 6.07 Å². The number of nitrogens with zero attached hydrogens (tertiary/aromatic N) is 3. The molecule has 0 radical (unpaired) electrons. The van der Waals surface area contributed by atoms with Crippen LogP contribution in [-0.2, 0) is 9.47 Å². The van der Waals surface area contributed by atoms with Crippen LogP contribution in [0.3, 0.4) is 0 Å². The highest BCUT2D eigenvalue weighted by molar-refractivity contribution is 5.68. The van der Waals surface area contributed by atoms with E-state index in [9.17, 15) is 9.18 Å². The summed E-state index contributed by atoms with van der Waals surface area (Å²) in [5.74, 6) is -0.613. The van der Waals surface area contributed by atoms with Gasteiger partial charge in [-0.2, -0.15) is 5.26 Å². The fraction of sp³-hybridized carbons (Fsp3) is 0.600. The molecule has 2 atom stereocenters. The number of piperazine rings is 1. The molecule has 152 valence electrons. The Kier molecular flexibility index (Phi) is 5.77. The monoisotopic (exact) mass is 391 g/mol. The lowest BCUT2D eigenvalue weighted by atomic mass is 10.0. The molecule has 0 bridgehead atoms. The molecule has 1 aromatic rings. The van der Waals surface area contributed by atoms with Gasteiger partial charge in [0.15, 0.2) is 11.6 Å². The van der Waals surface area contributed by atoms with Gasteiger partial charge in [-0.3, -0.25) is 4.90 Å². The van der Waals surface area contributed by atoms with E-state index < -0.39 is 11.4 Å². The summed E-state index contributed by atoms with van der Waals surface area (Å²) in [5.41, 5.74) is 0.00535. The van der Waals surface area contributed by atoms with Crippen molar-refractivity contribution in [3.05, 3.63) is 29.1 Å². The molecule has 2 heterocycles. The molecule has 0 aliphatic carbocycles. The van der Waals surface area contributed by atoms with Gasteiger partial charge < -0.3 is 19.1 Å². The number of fused-ring (bicyclic) bond motifs is 1. The van der Waals surface area contributed by atoms with Crippen molar-refractivity contribution in [3.63, 3.8) is 0 Å². The number of halogens is 1. The van der Waals surface area contributed by atoms with Gasteiger partial charge in [0.05, 0.1) is 31.4 Å². The van der Waals surface area contributed by atoms with Gasteiger partial charge in [-0.25, -0.2) is 9.18 Å². The molecule has 2 aliphatic rings. The summed E-state index contributed by atoms with van der Waals surface area (Å²) in [6, 6.07) is 5.01. The summed E-state index contributed by atoms with van der Waals surface area (Å²) < 4.78 is 31.1. The number of morpholine rings is 1. The zero-order valence-electron chi connectivity index (χ0n) is 16.7. The molecule has 1 amide bonds. The maximum Gasteiger partial charge on any atom is 0.410 e. The van der Waals surface area contributed by atoms with E-state index in [0.29, 0.717) is 38.3 Å². The first-order valence-electron chi connectivity index (χ1n) is 9.33. The first kappa shape index (κ1) is 20.4. The lowest BCUT2D eigenvalue weighted by Crippen LogP contribution is -2.60. The summed E-state index contributed by atoms with van der Waals surface area (Å²) in [7, 11) is 1.38. The number of hydrogen-bond acceptors (Lipinski definition) is 6. The molecule has 0 N–H and O–H groups in total. The number of hydrogen-bond donors (Lipinski definition) is 0. The Morgan fingerprint density at radius 1 is 1.32 bits per heavy atom. The number of benzene rings is 1. The van der Waals surface area contributed by atoms with Crippen molar-refractivity contribution < 1.29 is 23.4 Å². The second kappa shape index (κ2) is 7.94. The van der Waals surface area contributed by atoms with Gasteiger partial charge in [-0.15, -0.1) is 0 Å². The van der Waals surface area contributed by atoms with Gasteiger partial charge in [0.2, 0.25) is 0 Å². The molecule has 2 unspecified atom stereocenters. The number of amides is 1. The largest absolute Gasteiger partial charge is 0.493 e. The summed E-state index contributed by atoms with van der Waals surface area (Å²) >= 11 is 0. The third-order valence-corrected chi connectivity index (χ3v) is 4.95. The Bertz CT molecular complexity index is 787. The van der Waals surface area contributed by atoms with Crippen molar-refractivity contribution in [1.82, 2.24) is 9.80 Å². The van der Waals surface area contributed by atoms with Crippen LogP contribution in [0.2, 0.25) is 0 Å². The van der Waals surface area contributed by atoms with E-state index in [1.54, 1.807) is 11.0 Å². The summed E-state index contributed by atoms with van der Waals surface area (Å²) in [5, 5.41) is 9.01. The van der Waals surface area contributed by atoms with Crippen LogP contribution in [0.5, 0.6) is 5.75 Å². The number of carbonyl (C=O) groups is 1. The van der Waals surface area contributed by atoms with Crippen LogP contribution >= 0.6 is 0 Å². The first-order chi connectivity index (χ1) is 13.2. The van der Waals surface area contributed by atoms with Crippen LogP contribution in [0.1, 0.15) is 38.0 Å². The van der Waals surface area contributed by atoms with Gasteiger partial charge in [0.25, 0.3) is 0 Å². The predicted molar refractivity (Wildman–Crippen MR) is 99.5 cm³/mol. The van der Waals surface area contributed by atoms with Crippen molar-refractivity contribution in [2.45, 2.75) is 38.5 Å². The molecule has 8 heteroatoms. The van der Waals surface area contributed by atoms with E-state index >= 15 is 0 Å². The highest BCUT2D eigenvalue weighted by Crippen LogP contribution is 2.35. The second-order valence-corrected chi connectivity index (χ2v) is 8.06. The molecular formula is C20H26FN3O4. The summed E-state index contributed by atoms with van der Waals surface area (Å²) in [6.45, 7) is 8.30. The topological polar surface area (TPSA) is 75.0 Å². The Hall–Kier alpha value is -2.37. The highest BCUT2D eigenvalue weighted by atomic mass is 19.1. The summed E-state index contributed by atoms with van der Waals surface area (Å²) in [6.07, 6.45) is -0.674. The van der Waals surface area contributed by atoms with Crippen molar-refractivity contribution in [2.75, 3.05) is 39.9 Å². The fourth-order valence-electron chi connectivity index (χ4n) is 3.58. The molecule has 1 aromatic carbocycles. The van der Waals surface area contributed by atoms with E-state index in [1.165, 1.54) is 13.2 Å². The van der Waals surface area contributed by atoms with Crippen LogP contribution in [0.25, 0.3) is 0 Å². The number of methoxy groups -OCH3 is 1. The van der Waals surface area contributed by atoms with Crippen LogP contribution in [0, 0.1) is 17.1 Å². The summed E-state index contributed by atoms with van der Waals surface area (Å²) in [4.78, 5) is 16.3. The Morgan fingerprint density at radius 3 is 2.71 bits per heavy atom. The van der Waals surface area contributed by atoms with Gasteiger partial charge in [-0.05, 0) is 26.8 Å². The minimum atomic E-state index is -0.664. The van der Waals surface area contributed by atoms with E-state index in [4.69, 9.17) is 19.5 Å². The molecule has 2 saturated heterocycles. The van der Waals surface area contributed by atoms with Gasteiger partial charge >= 0.3 is 6.09 Å². The molecular weight excluding hydrogens is 365 g/mol. The van der Waals surface area contributed by atoms with E-state index in [0.717, 1.165) is 0 Å². The SMILES string of the molecule is COc1c(C2CN3CCN(C(=O)OC(C)(C)C)CC3CO2)ccc(C#N)c1F. The molecule has 2 fully saturated rings. The number of rotatable bonds is 2. The molecule has 28 heavy (non-hydrogen) atoms. The number of nitriles is 1. The van der Waals surface area contributed by atoms with Crippen molar-refractivity contribution in [3.8, 4) is 11.8 Å². The van der Waals surface area contributed by atoms with Gasteiger partial charge in [0, 0.05) is 31.7 Å².